The number of esters is 1. The number of rotatable bonds is 8. The lowest BCUT2D eigenvalue weighted by Gasteiger charge is -2.32. The molecule has 142 valence electrons. The zero-order valence-electron chi connectivity index (χ0n) is 15.3. The van der Waals surface area contributed by atoms with Gasteiger partial charge in [-0.25, -0.2) is 5.01 Å². The second kappa shape index (κ2) is 10.3. The zero-order valence-corrected chi connectivity index (χ0v) is 16.2. The number of amides is 1. The molecule has 1 aromatic rings. The van der Waals surface area contributed by atoms with E-state index in [4.69, 9.17) is 4.74 Å². The lowest BCUT2D eigenvalue weighted by atomic mass is 10.2. The predicted molar refractivity (Wildman–Crippen MR) is 102 cm³/mol. The highest BCUT2D eigenvalue weighted by Gasteiger charge is 2.30. The molecular formula is C19H26N2O4S. The van der Waals surface area contributed by atoms with E-state index in [1.165, 1.54) is 5.01 Å². The minimum atomic E-state index is -0.409. The van der Waals surface area contributed by atoms with E-state index in [1.807, 2.05) is 23.2 Å². The first-order valence-electron chi connectivity index (χ1n) is 8.97. The van der Waals surface area contributed by atoms with Crippen LogP contribution in [-0.2, 0) is 14.3 Å². The number of carbonyl (C=O) groups is 3. The van der Waals surface area contributed by atoms with E-state index < -0.39 is 5.97 Å². The molecule has 1 aliphatic rings. The van der Waals surface area contributed by atoms with E-state index in [-0.39, 0.29) is 30.1 Å². The van der Waals surface area contributed by atoms with Gasteiger partial charge in [-0.15, -0.1) is 0 Å². The van der Waals surface area contributed by atoms with Gasteiger partial charge < -0.3 is 4.74 Å². The summed E-state index contributed by atoms with van der Waals surface area (Å²) in [5.74, 6) is -0.552. The van der Waals surface area contributed by atoms with Crippen molar-refractivity contribution in [3.63, 3.8) is 0 Å². The highest BCUT2D eigenvalue weighted by molar-refractivity contribution is 8.14. The fourth-order valence-corrected chi connectivity index (χ4v) is 3.62. The quantitative estimate of drug-likeness (QED) is 0.648. The second-order valence-corrected chi connectivity index (χ2v) is 7.22. The van der Waals surface area contributed by atoms with Gasteiger partial charge in [0.15, 0.2) is 0 Å². The molecule has 2 rings (SSSR count). The van der Waals surface area contributed by atoms with E-state index in [0.717, 1.165) is 37.7 Å². The third-order valence-corrected chi connectivity index (χ3v) is 5.32. The van der Waals surface area contributed by atoms with Crippen LogP contribution in [0.3, 0.4) is 0 Å². The summed E-state index contributed by atoms with van der Waals surface area (Å²) >= 11 is 1.13. The van der Waals surface area contributed by atoms with Crippen molar-refractivity contribution in [2.45, 2.75) is 26.7 Å². The van der Waals surface area contributed by atoms with Crippen LogP contribution in [0.25, 0.3) is 0 Å². The molecule has 7 heteroatoms. The van der Waals surface area contributed by atoms with Gasteiger partial charge in [-0.05, 0) is 19.8 Å². The van der Waals surface area contributed by atoms with Gasteiger partial charge in [0, 0.05) is 30.3 Å². The maximum absolute atomic E-state index is 12.9. The van der Waals surface area contributed by atoms with Gasteiger partial charge in [0.2, 0.25) is 11.0 Å². The third kappa shape index (κ3) is 5.85. The van der Waals surface area contributed by atoms with Crippen molar-refractivity contribution in [3.8, 4) is 0 Å². The van der Waals surface area contributed by atoms with E-state index in [2.05, 4.69) is 0 Å². The molecule has 1 amide bonds. The van der Waals surface area contributed by atoms with Crippen LogP contribution < -0.4 is 0 Å². The van der Waals surface area contributed by atoms with E-state index in [9.17, 15) is 14.4 Å². The monoisotopic (exact) mass is 378 g/mol. The van der Waals surface area contributed by atoms with E-state index in [1.54, 1.807) is 26.0 Å². The van der Waals surface area contributed by atoms with Gasteiger partial charge in [0.05, 0.1) is 6.61 Å². The molecular weight excluding hydrogens is 352 g/mol. The fourth-order valence-electron chi connectivity index (χ4n) is 2.77. The molecule has 1 aromatic carbocycles. The minimum Gasteiger partial charge on any atom is -0.465 e. The number of hydrazine groups is 1. The summed E-state index contributed by atoms with van der Waals surface area (Å²) in [5.41, 5.74) is 0.625. The van der Waals surface area contributed by atoms with Crippen molar-refractivity contribution < 1.29 is 19.1 Å². The molecule has 0 aliphatic carbocycles. The number of ether oxygens (including phenoxy) is 1. The van der Waals surface area contributed by atoms with Gasteiger partial charge >= 0.3 is 5.97 Å². The smallest absolute Gasteiger partial charge is 0.327 e. The predicted octanol–water partition coefficient (Wildman–Crippen LogP) is 2.60. The Balaban J connectivity index is 1.95. The summed E-state index contributed by atoms with van der Waals surface area (Å²) in [7, 11) is 0. The zero-order chi connectivity index (χ0) is 18.9. The molecule has 0 spiro atoms. The van der Waals surface area contributed by atoms with Gasteiger partial charge in [-0.1, -0.05) is 49.0 Å². The first-order chi connectivity index (χ1) is 12.5. The Labute approximate surface area is 158 Å². The standard InChI is InChI=1S/C19H26N2O4S/c1-3-25-17(22)13-21(20-11-7-8-12-20)18(23)15(2)14-26-19(24)16-9-5-4-6-10-16/h4-6,9-10,15H,3,7-8,11-14H2,1-2H3. The van der Waals surface area contributed by atoms with Crippen LogP contribution in [0.15, 0.2) is 30.3 Å². The molecule has 1 saturated heterocycles. The normalized spacial score (nSPS) is 15.5. The molecule has 1 aliphatic heterocycles. The Morgan fingerprint density at radius 1 is 1.19 bits per heavy atom. The van der Waals surface area contributed by atoms with Crippen molar-refractivity contribution in [2.75, 3.05) is 32.0 Å². The summed E-state index contributed by atoms with van der Waals surface area (Å²) in [6, 6.07) is 9.02. The lowest BCUT2D eigenvalue weighted by Crippen LogP contribution is -2.50. The Bertz CT molecular complexity index is 617. The second-order valence-electron chi connectivity index (χ2n) is 6.23. The molecule has 1 unspecified atom stereocenters. The Morgan fingerprint density at radius 2 is 1.85 bits per heavy atom. The van der Waals surface area contributed by atoms with Crippen LogP contribution in [-0.4, -0.2) is 59.0 Å². The van der Waals surface area contributed by atoms with Gasteiger partial charge in [-0.3, -0.25) is 19.4 Å². The summed E-state index contributed by atoms with van der Waals surface area (Å²) in [6.45, 7) is 5.27. The summed E-state index contributed by atoms with van der Waals surface area (Å²) in [4.78, 5) is 37.0. The fraction of sp³-hybridized carbons (Fsp3) is 0.526. The molecule has 0 radical (unpaired) electrons. The van der Waals surface area contributed by atoms with Crippen LogP contribution >= 0.6 is 11.8 Å². The average Bonchev–Trinajstić information content (AvgIpc) is 3.18. The summed E-state index contributed by atoms with van der Waals surface area (Å²) < 4.78 is 5.00. The molecule has 0 N–H and O–H groups in total. The van der Waals surface area contributed by atoms with Crippen molar-refractivity contribution in [2.24, 2.45) is 5.92 Å². The highest BCUT2D eigenvalue weighted by Crippen LogP contribution is 2.19. The number of thioether (sulfide) groups is 1. The average molecular weight is 378 g/mol. The van der Waals surface area contributed by atoms with E-state index >= 15 is 0 Å². The largest absolute Gasteiger partial charge is 0.465 e. The molecule has 1 fully saturated rings. The van der Waals surface area contributed by atoms with E-state index in [0.29, 0.717) is 11.3 Å². The Morgan fingerprint density at radius 3 is 2.46 bits per heavy atom. The van der Waals surface area contributed by atoms with Crippen LogP contribution in [0.5, 0.6) is 0 Å². The molecule has 0 saturated carbocycles. The lowest BCUT2D eigenvalue weighted by molar-refractivity contribution is -0.162. The minimum absolute atomic E-state index is 0.0524. The van der Waals surface area contributed by atoms with Crippen molar-refractivity contribution in [1.29, 1.82) is 0 Å². The maximum atomic E-state index is 12.9. The van der Waals surface area contributed by atoms with Crippen molar-refractivity contribution in [3.05, 3.63) is 35.9 Å². The third-order valence-electron chi connectivity index (χ3n) is 4.16. The molecule has 6 nitrogen and oxygen atoms in total. The van der Waals surface area contributed by atoms with Crippen molar-refractivity contribution in [1.82, 2.24) is 10.0 Å². The number of hydrogen-bond acceptors (Lipinski definition) is 6. The Kier molecular flexibility index (Phi) is 8.12. The SMILES string of the molecule is CCOC(=O)CN(C(=O)C(C)CSC(=O)c1ccccc1)N1CCCC1. The number of hydrogen-bond donors (Lipinski definition) is 0. The molecule has 1 atom stereocenters. The van der Waals surface area contributed by atoms with Crippen LogP contribution in [0, 0.1) is 5.92 Å². The van der Waals surface area contributed by atoms with Crippen molar-refractivity contribution >= 4 is 28.8 Å². The van der Waals surface area contributed by atoms with Crippen LogP contribution in [0.1, 0.15) is 37.0 Å². The number of carbonyl (C=O) groups excluding carboxylic acids is 3. The molecule has 0 aromatic heterocycles. The topological polar surface area (TPSA) is 66.9 Å². The summed E-state index contributed by atoms with van der Waals surface area (Å²) in [5, 5.41) is 3.37. The van der Waals surface area contributed by atoms with Gasteiger partial charge in [0.1, 0.15) is 6.54 Å². The molecule has 26 heavy (non-hydrogen) atoms. The first-order valence-corrected chi connectivity index (χ1v) is 9.95. The van der Waals surface area contributed by atoms with Crippen LogP contribution in [0.2, 0.25) is 0 Å². The number of benzene rings is 1. The van der Waals surface area contributed by atoms with Gasteiger partial charge in [-0.2, -0.15) is 0 Å². The number of nitrogens with zero attached hydrogens (tertiary/aromatic N) is 2. The maximum Gasteiger partial charge on any atom is 0.327 e. The van der Waals surface area contributed by atoms with Gasteiger partial charge in [0.25, 0.3) is 0 Å². The molecule has 0 bridgehead atoms. The first kappa shape index (κ1) is 20.5. The van der Waals surface area contributed by atoms with Crippen LogP contribution in [0.4, 0.5) is 0 Å². The Hall–Kier alpha value is -1.86. The summed E-state index contributed by atoms with van der Waals surface area (Å²) in [6.07, 6.45) is 2.00. The highest BCUT2D eigenvalue weighted by atomic mass is 32.2. The molecule has 1 heterocycles.